The molecule has 2 aliphatic rings. The van der Waals surface area contributed by atoms with Gasteiger partial charge in [0.25, 0.3) is 0 Å². The van der Waals surface area contributed by atoms with Gasteiger partial charge in [-0.05, 0) is 46.5 Å². The van der Waals surface area contributed by atoms with Gasteiger partial charge in [0.1, 0.15) is 5.60 Å². The first-order valence-electron chi connectivity index (χ1n) is 6.08. The van der Waals surface area contributed by atoms with Crippen molar-refractivity contribution in [2.45, 2.75) is 70.2 Å². The van der Waals surface area contributed by atoms with Crippen LogP contribution in [0, 0.1) is 0 Å². The maximum absolute atomic E-state index is 12.0. The molecule has 2 saturated heterocycles. The number of piperidine rings is 1. The average Bonchev–Trinajstić information content (AvgIpc) is 2.46. The van der Waals surface area contributed by atoms with E-state index in [9.17, 15) is 9.90 Å². The van der Waals surface area contributed by atoms with E-state index in [-0.39, 0.29) is 24.3 Å². The first kappa shape index (κ1) is 11.7. The van der Waals surface area contributed by atoms with Gasteiger partial charge in [-0.25, -0.2) is 4.79 Å². The molecule has 2 aliphatic heterocycles. The molecule has 0 aromatic heterocycles. The normalized spacial score (nSPS) is 34.0. The number of aliphatic hydroxyl groups excluding tert-OH is 1. The highest BCUT2D eigenvalue weighted by Crippen LogP contribution is 2.36. The molecular weight excluding hydrogens is 206 g/mol. The Balaban J connectivity index is 2.07. The van der Waals surface area contributed by atoms with Crippen molar-refractivity contribution in [3.05, 3.63) is 0 Å². The third kappa shape index (κ3) is 2.17. The molecule has 92 valence electrons. The molecule has 0 aromatic carbocycles. The van der Waals surface area contributed by atoms with Crippen LogP contribution in [-0.4, -0.2) is 39.9 Å². The Hall–Kier alpha value is -0.770. The first-order chi connectivity index (χ1) is 7.38. The lowest BCUT2D eigenvalue weighted by Gasteiger charge is -2.38. The number of carbonyl (C=O) groups excluding carboxylic acids is 1. The van der Waals surface area contributed by atoms with Gasteiger partial charge in [-0.3, -0.25) is 4.90 Å². The molecule has 2 bridgehead atoms. The zero-order valence-corrected chi connectivity index (χ0v) is 10.3. The van der Waals surface area contributed by atoms with Crippen molar-refractivity contribution < 1.29 is 14.6 Å². The van der Waals surface area contributed by atoms with Crippen LogP contribution in [-0.2, 0) is 4.74 Å². The number of nitrogens with zero attached hydrogens (tertiary/aromatic N) is 1. The van der Waals surface area contributed by atoms with Crippen molar-refractivity contribution in [3.63, 3.8) is 0 Å². The molecule has 4 heteroatoms. The predicted octanol–water partition coefficient (Wildman–Crippen LogP) is 1.91. The van der Waals surface area contributed by atoms with Gasteiger partial charge in [-0.2, -0.15) is 0 Å². The average molecular weight is 227 g/mol. The van der Waals surface area contributed by atoms with Gasteiger partial charge in [0, 0.05) is 6.04 Å². The lowest BCUT2D eigenvalue weighted by molar-refractivity contribution is -0.0221. The number of ether oxygens (including phenoxy) is 1. The van der Waals surface area contributed by atoms with Crippen LogP contribution in [0.4, 0.5) is 4.79 Å². The summed E-state index contributed by atoms with van der Waals surface area (Å²) in [7, 11) is 0. The molecule has 1 N–H and O–H groups in total. The fourth-order valence-corrected chi connectivity index (χ4v) is 2.73. The summed E-state index contributed by atoms with van der Waals surface area (Å²) in [6.45, 7) is 5.60. The van der Waals surface area contributed by atoms with Crippen LogP contribution in [0.15, 0.2) is 0 Å². The minimum absolute atomic E-state index is 0.0198. The third-order valence-electron chi connectivity index (χ3n) is 3.39. The molecule has 0 saturated carbocycles. The van der Waals surface area contributed by atoms with Gasteiger partial charge in [0.2, 0.25) is 0 Å². The highest BCUT2D eigenvalue weighted by Gasteiger charge is 2.45. The minimum Gasteiger partial charge on any atom is -0.444 e. The smallest absolute Gasteiger partial charge is 0.410 e. The molecule has 1 amide bonds. The van der Waals surface area contributed by atoms with Crippen LogP contribution in [0.5, 0.6) is 0 Å². The van der Waals surface area contributed by atoms with Crippen LogP contribution in [0.3, 0.4) is 0 Å². The number of hydrogen-bond donors (Lipinski definition) is 1. The molecule has 4 nitrogen and oxygen atoms in total. The van der Waals surface area contributed by atoms with E-state index in [4.69, 9.17) is 4.74 Å². The molecule has 16 heavy (non-hydrogen) atoms. The fourth-order valence-electron chi connectivity index (χ4n) is 2.73. The number of aliphatic hydroxyl groups is 1. The maximum Gasteiger partial charge on any atom is 0.410 e. The lowest BCUT2D eigenvalue weighted by atomic mass is 10.0. The molecule has 2 fully saturated rings. The van der Waals surface area contributed by atoms with Gasteiger partial charge in [-0.1, -0.05) is 0 Å². The summed E-state index contributed by atoms with van der Waals surface area (Å²) in [5.41, 5.74) is -0.459. The second-order valence-electron chi connectivity index (χ2n) is 5.83. The molecule has 3 unspecified atom stereocenters. The third-order valence-corrected chi connectivity index (χ3v) is 3.39. The topological polar surface area (TPSA) is 49.8 Å². The predicted molar refractivity (Wildman–Crippen MR) is 60.1 cm³/mol. The Morgan fingerprint density at radius 1 is 1.25 bits per heavy atom. The van der Waals surface area contributed by atoms with Gasteiger partial charge < -0.3 is 9.84 Å². The van der Waals surface area contributed by atoms with E-state index in [1.165, 1.54) is 0 Å². The van der Waals surface area contributed by atoms with Crippen molar-refractivity contribution >= 4 is 6.09 Å². The molecule has 3 atom stereocenters. The quantitative estimate of drug-likeness (QED) is 0.687. The molecule has 0 radical (unpaired) electrons. The molecule has 2 heterocycles. The summed E-state index contributed by atoms with van der Waals surface area (Å²) in [4.78, 5) is 13.8. The fraction of sp³-hybridized carbons (Fsp3) is 0.917. The Morgan fingerprint density at radius 2 is 1.88 bits per heavy atom. The molecule has 0 aliphatic carbocycles. The Bertz CT molecular complexity index is 284. The summed E-state index contributed by atoms with van der Waals surface area (Å²) in [5, 5.41) is 9.86. The zero-order chi connectivity index (χ0) is 11.9. The van der Waals surface area contributed by atoms with E-state index in [0.717, 1.165) is 25.7 Å². The second kappa shape index (κ2) is 3.91. The van der Waals surface area contributed by atoms with Crippen LogP contribution in [0.25, 0.3) is 0 Å². The van der Waals surface area contributed by atoms with E-state index < -0.39 is 5.60 Å². The van der Waals surface area contributed by atoms with Gasteiger partial charge >= 0.3 is 6.09 Å². The van der Waals surface area contributed by atoms with Crippen molar-refractivity contribution in [2.75, 3.05) is 0 Å². The SMILES string of the molecule is CC(C)(C)OC(=O)N1C2CCC(O)C1CC2. The van der Waals surface area contributed by atoms with E-state index in [2.05, 4.69) is 0 Å². The standard InChI is InChI=1S/C12H21NO3/c1-12(2,3)16-11(15)13-8-4-6-9(13)10(14)7-5-8/h8-10,14H,4-7H2,1-3H3. The number of amides is 1. The Kier molecular flexibility index (Phi) is 2.86. The summed E-state index contributed by atoms with van der Waals surface area (Å²) in [6, 6.07) is 0.261. The minimum atomic E-state index is -0.459. The molecule has 0 spiro atoms. The van der Waals surface area contributed by atoms with Crippen molar-refractivity contribution in [1.29, 1.82) is 0 Å². The van der Waals surface area contributed by atoms with Crippen LogP contribution in [0.1, 0.15) is 46.5 Å². The van der Waals surface area contributed by atoms with Crippen molar-refractivity contribution in [1.82, 2.24) is 4.90 Å². The van der Waals surface area contributed by atoms with E-state index in [1.807, 2.05) is 20.8 Å². The van der Waals surface area contributed by atoms with Gasteiger partial charge in [0.15, 0.2) is 0 Å². The largest absolute Gasteiger partial charge is 0.444 e. The number of fused-ring (bicyclic) bond motifs is 2. The zero-order valence-electron chi connectivity index (χ0n) is 10.3. The monoisotopic (exact) mass is 227 g/mol. The van der Waals surface area contributed by atoms with Gasteiger partial charge in [-0.15, -0.1) is 0 Å². The second-order valence-corrected chi connectivity index (χ2v) is 5.83. The molecule has 0 aromatic rings. The van der Waals surface area contributed by atoms with Gasteiger partial charge in [0.05, 0.1) is 12.1 Å². The number of rotatable bonds is 0. The van der Waals surface area contributed by atoms with Crippen molar-refractivity contribution in [2.24, 2.45) is 0 Å². The lowest BCUT2D eigenvalue weighted by Crippen LogP contribution is -2.51. The van der Waals surface area contributed by atoms with Crippen LogP contribution < -0.4 is 0 Å². The van der Waals surface area contributed by atoms with E-state index in [0.29, 0.717) is 0 Å². The summed E-state index contributed by atoms with van der Waals surface area (Å²) < 4.78 is 5.38. The maximum atomic E-state index is 12.0. The molecular formula is C12H21NO3. The highest BCUT2D eigenvalue weighted by atomic mass is 16.6. The van der Waals surface area contributed by atoms with Crippen LogP contribution >= 0.6 is 0 Å². The van der Waals surface area contributed by atoms with Crippen molar-refractivity contribution in [3.8, 4) is 0 Å². The van der Waals surface area contributed by atoms with E-state index in [1.54, 1.807) is 4.90 Å². The van der Waals surface area contributed by atoms with E-state index >= 15 is 0 Å². The number of carbonyl (C=O) groups is 1. The Labute approximate surface area is 96.6 Å². The number of hydrogen-bond acceptors (Lipinski definition) is 3. The summed E-state index contributed by atoms with van der Waals surface area (Å²) in [5.74, 6) is 0. The Morgan fingerprint density at radius 3 is 2.50 bits per heavy atom. The first-order valence-corrected chi connectivity index (χ1v) is 6.08. The molecule has 2 rings (SSSR count). The summed E-state index contributed by atoms with van der Waals surface area (Å²) >= 11 is 0. The van der Waals surface area contributed by atoms with Crippen LogP contribution in [0.2, 0.25) is 0 Å². The highest BCUT2D eigenvalue weighted by molar-refractivity contribution is 5.69. The summed E-state index contributed by atoms with van der Waals surface area (Å²) in [6.07, 6.45) is 2.99.